The summed E-state index contributed by atoms with van der Waals surface area (Å²) in [5.74, 6) is 3.76. The first-order valence-corrected chi connectivity index (χ1v) is 7.60. The molecule has 1 saturated heterocycles. The lowest BCUT2D eigenvalue weighted by atomic mass is 10.2. The van der Waals surface area contributed by atoms with Gasteiger partial charge in [0.25, 0.3) is 0 Å². The number of thioether (sulfide) groups is 1. The van der Waals surface area contributed by atoms with Gasteiger partial charge < -0.3 is 10.6 Å². The number of anilines is 2. The highest BCUT2D eigenvalue weighted by molar-refractivity contribution is 7.99. The number of hydrogen-bond acceptors (Lipinski definition) is 6. The molecule has 0 aromatic carbocycles. The predicted octanol–water partition coefficient (Wildman–Crippen LogP) is 2.22. The van der Waals surface area contributed by atoms with Crippen LogP contribution >= 0.6 is 23.1 Å². The van der Waals surface area contributed by atoms with Gasteiger partial charge in [-0.3, -0.25) is 0 Å². The smallest absolute Gasteiger partial charge is 0.222 e. The van der Waals surface area contributed by atoms with E-state index in [-0.39, 0.29) is 0 Å². The van der Waals surface area contributed by atoms with E-state index in [1.807, 2.05) is 23.2 Å². The maximum absolute atomic E-state index is 5.77. The molecule has 1 unspecified atom stereocenters. The minimum Gasteiger partial charge on any atom is -0.368 e. The minimum atomic E-state index is 0.364. The van der Waals surface area contributed by atoms with E-state index >= 15 is 0 Å². The van der Waals surface area contributed by atoms with Crippen LogP contribution in [0.5, 0.6) is 0 Å². The number of nitrogens with zero attached hydrogens (tertiary/aromatic N) is 3. The Balaban J connectivity index is 2.05. The molecule has 0 radical (unpaired) electrons. The van der Waals surface area contributed by atoms with Gasteiger partial charge >= 0.3 is 0 Å². The molecule has 0 amide bonds. The van der Waals surface area contributed by atoms with Crippen molar-refractivity contribution >= 4 is 45.1 Å². The van der Waals surface area contributed by atoms with Crippen molar-refractivity contribution in [3.05, 3.63) is 11.4 Å². The summed E-state index contributed by atoms with van der Waals surface area (Å²) < 4.78 is 1.14. The lowest BCUT2D eigenvalue weighted by molar-refractivity contribution is 0.694. The Labute approximate surface area is 108 Å². The van der Waals surface area contributed by atoms with Crippen LogP contribution in [0.3, 0.4) is 0 Å². The first-order chi connectivity index (χ1) is 8.25. The highest BCUT2D eigenvalue weighted by Crippen LogP contribution is 2.32. The molecular formula is C11H14N4S2. The Hall–Kier alpha value is -1.01. The molecule has 0 aliphatic carbocycles. The van der Waals surface area contributed by atoms with Crippen LogP contribution in [0.25, 0.3) is 10.2 Å². The molecule has 90 valence electrons. The lowest BCUT2D eigenvalue weighted by Crippen LogP contribution is -2.32. The quantitative estimate of drug-likeness (QED) is 0.903. The fraction of sp³-hybridized carbons (Fsp3) is 0.455. The topological polar surface area (TPSA) is 55.0 Å². The molecule has 1 atom stereocenters. The summed E-state index contributed by atoms with van der Waals surface area (Å²) in [4.78, 5) is 10.9. The molecule has 1 aliphatic heterocycles. The average molecular weight is 266 g/mol. The summed E-state index contributed by atoms with van der Waals surface area (Å²) in [6.45, 7) is 0. The predicted molar refractivity (Wildman–Crippen MR) is 76.0 cm³/mol. The molecule has 3 rings (SSSR count). The fourth-order valence-electron chi connectivity index (χ4n) is 2.11. The number of fused-ring (bicyclic) bond motifs is 1. The zero-order valence-electron chi connectivity index (χ0n) is 9.59. The molecule has 3 heterocycles. The Morgan fingerprint density at radius 1 is 1.47 bits per heavy atom. The third-order valence-electron chi connectivity index (χ3n) is 3.09. The fourth-order valence-corrected chi connectivity index (χ4v) is 4.24. The maximum Gasteiger partial charge on any atom is 0.222 e. The van der Waals surface area contributed by atoms with Crippen molar-refractivity contribution in [3.63, 3.8) is 0 Å². The van der Waals surface area contributed by atoms with Crippen LogP contribution in [0.15, 0.2) is 11.4 Å². The van der Waals surface area contributed by atoms with E-state index < -0.39 is 0 Å². The van der Waals surface area contributed by atoms with Crippen molar-refractivity contribution in [2.75, 3.05) is 29.2 Å². The van der Waals surface area contributed by atoms with Crippen molar-refractivity contribution in [1.82, 2.24) is 9.97 Å². The number of nitrogen functional groups attached to an aromatic ring is 1. The Bertz CT molecular complexity index is 533. The normalized spacial score (nSPS) is 19.9. The zero-order chi connectivity index (χ0) is 11.8. The van der Waals surface area contributed by atoms with Crippen LogP contribution in [-0.2, 0) is 0 Å². The summed E-state index contributed by atoms with van der Waals surface area (Å²) >= 11 is 3.68. The van der Waals surface area contributed by atoms with Gasteiger partial charge in [0.15, 0.2) is 5.82 Å². The second-order valence-corrected chi connectivity index (χ2v) is 6.23. The highest BCUT2D eigenvalue weighted by atomic mass is 32.2. The van der Waals surface area contributed by atoms with Gasteiger partial charge in [0.1, 0.15) is 0 Å². The summed E-state index contributed by atoms with van der Waals surface area (Å²) in [6, 6.07) is 2.57. The number of hydrogen-bond donors (Lipinski definition) is 1. The third-order valence-corrected chi connectivity index (χ3v) is 5.13. The SMILES string of the molecule is CN(c1nc(N)nc2ccsc12)C1CCSC1. The lowest BCUT2D eigenvalue weighted by Gasteiger charge is -2.25. The molecular weight excluding hydrogens is 252 g/mol. The van der Waals surface area contributed by atoms with Crippen LogP contribution in [-0.4, -0.2) is 34.6 Å². The van der Waals surface area contributed by atoms with Crippen molar-refractivity contribution in [3.8, 4) is 0 Å². The minimum absolute atomic E-state index is 0.364. The monoisotopic (exact) mass is 266 g/mol. The third kappa shape index (κ3) is 1.95. The van der Waals surface area contributed by atoms with Crippen molar-refractivity contribution in [2.24, 2.45) is 0 Å². The molecule has 1 aliphatic rings. The van der Waals surface area contributed by atoms with Crippen LogP contribution in [0.4, 0.5) is 11.8 Å². The summed E-state index contributed by atoms with van der Waals surface area (Å²) in [7, 11) is 2.11. The molecule has 1 fully saturated rings. The van der Waals surface area contributed by atoms with Crippen LogP contribution in [0, 0.1) is 0 Å². The van der Waals surface area contributed by atoms with Crippen LogP contribution in [0.2, 0.25) is 0 Å². The van der Waals surface area contributed by atoms with Crippen molar-refractivity contribution < 1.29 is 0 Å². The second-order valence-electron chi connectivity index (χ2n) is 4.17. The maximum atomic E-state index is 5.77. The van der Waals surface area contributed by atoms with E-state index in [0.29, 0.717) is 12.0 Å². The van der Waals surface area contributed by atoms with E-state index in [1.54, 1.807) is 11.3 Å². The standard InChI is InChI=1S/C11H14N4S2/c1-15(7-2-4-16-6-7)10-9-8(3-5-17-9)13-11(12)14-10/h3,5,7H,2,4,6H2,1H3,(H2,12,13,14). The number of rotatable bonds is 2. The van der Waals surface area contributed by atoms with Gasteiger partial charge in [-0.15, -0.1) is 11.3 Å². The average Bonchev–Trinajstić information content (AvgIpc) is 2.97. The number of thiophene rings is 1. The first-order valence-electron chi connectivity index (χ1n) is 5.57. The molecule has 2 aromatic rings. The van der Waals surface area contributed by atoms with Gasteiger partial charge in [-0.05, 0) is 23.6 Å². The Morgan fingerprint density at radius 2 is 2.35 bits per heavy atom. The van der Waals surface area contributed by atoms with E-state index in [2.05, 4.69) is 21.9 Å². The molecule has 0 saturated carbocycles. The molecule has 4 nitrogen and oxygen atoms in total. The Morgan fingerprint density at radius 3 is 3.12 bits per heavy atom. The second kappa shape index (κ2) is 4.34. The summed E-state index contributed by atoms with van der Waals surface area (Å²) in [6.07, 6.45) is 1.22. The van der Waals surface area contributed by atoms with Gasteiger partial charge in [0.05, 0.1) is 10.2 Å². The van der Waals surface area contributed by atoms with Gasteiger partial charge in [0, 0.05) is 18.8 Å². The molecule has 2 N–H and O–H groups in total. The highest BCUT2D eigenvalue weighted by Gasteiger charge is 2.23. The van der Waals surface area contributed by atoms with Crippen LogP contribution < -0.4 is 10.6 Å². The summed E-state index contributed by atoms with van der Waals surface area (Å²) in [5.41, 5.74) is 6.72. The van der Waals surface area contributed by atoms with Crippen molar-refractivity contribution in [1.29, 1.82) is 0 Å². The van der Waals surface area contributed by atoms with E-state index in [9.17, 15) is 0 Å². The Kier molecular flexibility index (Phi) is 2.84. The molecule has 17 heavy (non-hydrogen) atoms. The zero-order valence-corrected chi connectivity index (χ0v) is 11.2. The van der Waals surface area contributed by atoms with Crippen molar-refractivity contribution in [2.45, 2.75) is 12.5 Å². The number of nitrogens with two attached hydrogens (primary N) is 1. The molecule has 0 spiro atoms. The molecule has 6 heteroatoms. The van der Waals surface area contributed by atoms with Gasteiger partial charge in [0.2, 0.25) is 5.95 Å². The van der Waals surface area contributed by atoms with Crippen LogP contribution in [0.1, 0.15) is 6.42 Å². The van der Waals surface area contributed by atoms with E-state index in [1.165, 1.54) is 17.9 Å². The number of aromatic nitrogens is 2. The van der Waals surface area contributed by atoms with Gasteiger partial charge in [-0.1, -0.05) is 0 Å². The largest absolute Gasteiger partial charge is 0.368 e. The van der Waals surface area contributed by atoms with E-state index in [4.69, 9.17) is 5.73 Å². The molecule has 2 aromatic heterocycles. The van der Waals surface area contributed by atoms with Gasteiger partial charge in [-0.2, -0.15) is 16.7 Å². The summed E-state index contributed by atoms with van der Waals surface area (Å²) in [5, 5.41) is 2.04. The van der Waals surface area contributed by atoms with Gasteiger partial charge in [-0.25, -0.2) is 4.98 Å². The molecule has 0 bridgehead atoms. The van der Waals surface area contributed by atoms with E-state index in [0.717, 1.165) is 16.0 Å². The first kappa shape index (κ1) is 11.1.